The Kier molecular flexibility index (Phi) is 1.94. The maximum atomic E-state index is 11.0. The summed E-state index contributed by atoms with van der Waals surface area (Å²) in [5.41, 5.74) is 0.994. The average molecular weight is 163 g/mol. The van der Waals surface area contributed by atoms with Gasteiger partial charge in [-0.05, 0) is 24.3 Å². The molecule has 0 spiro atoms. The second kappa shape index (κ2) is 3.11. The molecule has 1 heterocycles. The third-order valence-corrected chi connectivity index (χ3v) is 2.08. The van der Waals surface area contributed by atoms with Gasteiger partial charge in [-0.3, -0.25) is 5.11 Å². The minimum Gasteiger partial charge on any atom is -0.395 e. The number of aliphatic hydroxyl groups is 1. The zero-order valence-electron chi connectivity index (χ0n) is 7.10. The summed E-state index contributed by atoms with van der Waals surface area (Å²) >= 11 is 0. The molecule has 0 aliphatic carbocycles. The molecule has 0 atom stereocenters. The highest BCUT2D eigenvalue weighted by atomic mass is 16.3. The molecule has 13 heavy (non-hydrogen) atoms. The van der Waals surface area contributed by atoms with E-state index < -0.39 is 0 Å². The quantitative estimate of drug-likeness (QED) is 0.720. The summed E-state index contributed by atoms with van der Waals surface area (Å²) in [5.74, 6) is 0.0225. The van der Waals surface area contributed by atoms with Crippen LogP contribution in [0.15, 0.2) is 30.5 Å². The van der Waals surface area contributed by atoms with Gasteiger partial charge in [0.15, 0.2) is 5.75 Å². The first-order chi connectivity index (χ1) is 6.31. The fraction of sp³-hybridized carbons (Fsp3) is 0.200. The molecule has 3 heteroatoms. The van der Waals surface area contributed by atoms with E-state index in [4.69, 9.17) is 5.11 Å². The zero-order chi connectivity index (χ0) is 9.26. The molecule has 0 saturated heterocycles. The maximum Gasteiger partial charge on any atom is 0.179 e. The Hall–Kier alpha value is -1.48. The number of benzene rings is 1. The molecule has 67 valence electrons. The van der Waals surface area contributed by atoms with Crippen LogP contribution in [0.1, 0.15) is 0 Å². The van der Waals surface area contributed by atoms with E-state index in [1.54, 1.807) is 12.1 Å². The van der Waals surface area contributed by atoms with E-state index in [2.05, 4.69) is 0 Å². The zero-order valence-corrected chi connectivity index (χ0v) is 7.10. The van der Waals surface area contributed by atoms with Crippen LogP contribution in [-0.2, 0) is 11.7 Å². The molecule has 1 aromatic carbocycles. The van der Waals surface area contributed by atoms with Crippen LogP contribution in [0.5, 0.6) is 5.75 Å². The number of rotatable bonds is 2. The minimum absolute atomic E-state index is 0.0225. The lowest BCUT2D eigenvalue weighted by molar-refractivity contribution is 0.278. The van der Waals surface area contributed by atoms with Crippen LogP contribution in [0, 0.1) is 0 Å². The second-order valence-corrected chi connectivity index (χ2v) is 2.95. The molecule has 1 aromatic heterocycles. The van der Waals surface area contributed by atoms with Crippen molar-refractivity contribution in [3.63, 3.8) is 0 Å². The van der Waals surface area contributed by atoms with Crippen LogP contribution in [0.25, 0.3) is 10.9 Å². The number of aromatic nitrogens is 1. The van der Waals surface area contributed by atoms with Gasteiger partial charge in [0, 0.05) is 23.6 Å². The number of aliphatic hydroxyl groups excluding tert-OH is 1. The van der Waals surface area contributed by atoms with Crippen LogP contribution in [0.3, 0.4) is 0 Å². The van der Waals surface area contributed by atoms with E-state index in [-0.39, 0.29) is 12.4 Å². The first-order valence-electron chi connectivity index (χ1n) is 4.18. The van der Waals surface area contributed by atoms with Gasteiger partial charge in [-0.1, -0.05) is 0 Å². The Balaban J connectivity index is 2.55. The third-order valence-electron chi connectivity index (χ3n) is 2.08. The molecule has 0 aliphatic heterocycles. The molecule has 3 nitrogen and oxygen atoms in total. The van der Waals surface area contributed by atoms with E-state index in [1.807, 2.05) is 16.8 Å². The highest BCUT2D eigenvalue weighted by Crippen LogP contribution is 2.21. The Morgan fingerprint density at radius 1 is 1.31 bits per heavy atom. The van der Waals surface area contributed by atoms with Gasteiger partial charge in [-0.2, -0.15) is 0 Å². The SMILES string of the molecule is OCCn1ccc2cc([3O])ccc21. The van der Waals surface area contributed by atoms with E-state index in [9.17, 15) is 5.11 Å². The molecule has 0 fully saturated rings. The predicted molar refractivity (Wildman–Crippen MR) is 49.2 cm³/mol. The van der Waals surface area contributed by atoms with Gasteiger partial charge in [-0.25, -0.2) is 0 Å². The van der Waals surface area contributed by atoms with Gasteiger partial charge < -0.3 is 9.67 Å². The maximum absolute atomic E-state index is 11.0. The van der Waals surface area contributed by atoms with Crippen molar-refractivity contribution in [2.75, 3.05) is 6.61 Å². The number of hydrogen-bond acceptors (Lipinski definition) is 1. The molecule has 0 unspecified atom stereocenters. The monoisotopic (exact) mass is 163 g/mol. The molecule has 1 N–H and O–H groups in total. The van der Waals surface area contributed by atoms with Crippen molar-refractivity contribution in [1.82, 2.24) is 4.57 Å². The summed E-state index contributed by atoms with van der Waals surface area (Å²) in [6.07, 6.45) is 1.88. The summed E-state index contributed by atoms with van der Waals surface area (Å²) in [5, 5.41) is 20.7. The predicted octanol–water partition coefficient (Wildman–Crippen LogP) is 1.78. The minimum atomic E-state index is 0.0225. The highest BCUT2D eigenvalue weighted by molar-refractivity contribution is 5.81. The third kappa shape index (κ3) is 1.38. The topological polar surface area (TPSA) is 45.1 Å². The van der Waals surface area contributed by atoms with Crippen molar-refractivity contribution in [2.45, 2.75) is 6.54 Å². The molecule has 0 aliphatic rings. The Labute approximate surface area is 75.9 Å². The van der Waals surface area contributed by atoms with Crippen molar-refractivity contribution in [2.24, 2.45) is 0 Å². The van der Waals surface area contributed by atoms with Crippen LogP contribution in [0.2, 0.25) is 0 Å². The highest BCUT2D eigenvalue weighted by Gasteiger charge is 2.01. The first-order valence-corrected chi connectivity index (χ1v) is 4.18. The normalized spacial score (nSPS) is 10.8. The standard InChI is InChI=1S/C10H10NO2/c12-6-5-11-4-3-8-7-9(13)1-2-10(8)11/h1-4,7,12H,5-6H2/i13-13. The summed E-state index contributed by atoms with van der Waals surface area (Å²) in [6.45, 7) is 0.685. The number of hydrogen-bond donors (Lipinski definition) is 1. The van der Waals surface area contributed by atoms with Gasteiger partial charge in [-0.15, -0.1) is 0 Å². The molecule has 2 rings (SSSR count). The summed E-state index contributed by atoms with van der Waals surface area (Å²) < 4.78 is 1.93. The van der Waals surface area contributed by atoms with Gasteiger partial charge in [0.2, 0.25) is 0 Å². The van der Waals surface area contributed by atoms with Gasteiger partial charge >= 0.3 is 0 Å². The van der Waals surface area contributed by atoms with Crippen molar-refractivity contribution >= 4 is 10.9 Å². The fourth-order valence-electron chi connectivity index (χ4n) is 1.48. The van der Waals surface area contributed by atoms with Gasteiger partial charge in [0.1, 0.15) is 0 Å². The van der Waals surface area contributed by atoms with E-state index in [1.165, 1.54) is 6.07 Å². The van der Waals surface area contributed by atoms with Crippen molar-refractivity contribution < 1.29 is 10.2 Å². The van der Waals surface area contributed by atoms with Crippen LogP contribution >= 0.6 is 0 Å². The Bertz CT molecular complexity index is 420. The molecular weight excluding hydrogens is 153 g/mol. The molecule has 2 aromatic rings. The number of nitrogens with zero attached hydrogens (tertiary/aromatic N) is 1. The van der Waals surface area contributed by atoms with Crippen molar-refractivity contribution in [3.8, 4) is 5.75 Å². The summed E-state index contributed by atoms with van der Waals surface area (Å²) in [6, 6.07) is 6.80. The molecule has 0 bridgehead atoms. The van der Waals surface area contributed by atoms with Crippen LogP contribution < -0.4 is 0 Å². The Morgan fingerprint density at radius 3 is 2.92 bits per heavy atom. The van der Waals surface area contributed by atoms with E-state index in [0.717, 1.165) is 10.9 Å². The molecule has 1 radical (unpaired) electrons. The smallest absolute Gasteiger partial charge is 0.179 e. The van der Waals surface area contributed by atoms with Crippen LogP contribution in [-0.4, -0.2) is 16.3 Å². The Morgan fingerprint density at radius 2 is 2.15 bits per heavy atom. The van der Waals surface area contributed by atoms with Gasteiger partial charge in [0.25, 0.3) is 0 Å². The van der Waals surface area contributed by atoms with Crippen molar-refractivity contribution in [3.05, 3.63) is 30.5 Å². The van der Waals surface area contributed by atoms with Crippen LogP contribution in [0.4, 0.5) is 0 Å². The lowest BCUT2D eigenvalue weighted by Gasteiger charge is -2.01. The van der Waals surface area contributed by atoms with Crippen molar-refractivity contribution in [1.29, 1.82) is 0 Å². The number of fused-ring (bicyclic) bond motifs is 1. The average Bonchev–Trinajstić information content (AvgIpc) is 2.49. The lowest BCUT2D eigenvalue weighted by atomic mass is 2.89. The second-order valence-electron chi connectivity index (χ2n) is 2.95. The first kappa shape index (κ1) is 8.13. The van der Waals surface area contributed by atoms with E-state index in [0.29, 0.717) is 6.54 Å². The summed E-state index contributed by atoms with van der Waals surface area (Å²) in [4.78, 5) is 0. The van der Waals surface area contributed by atoms with Gasteiger partial charge in [0.05, 0.1) is 6.61 Å². The summed E-state index contributed by atoms with van der Waals surface area (Å²) in [7, 11) is 0. The largest absolute Gasteiger partial charge is 0.395 e. The fourth-order valence-corrected chi connectivity index (χ4v) is 1.48. The lowest BCUT2D eigenvalue weighted by Crippen LogP contribution is -1.99. The van der Waals surface area contributed by atoms with E-state index >= 15 is 0 Å². The molecule has 0 amide bonds. The molecular formula is C10H10NO2. The molecule has 0 saturated carbocycles.